The van der Waals surface area contributed by atoms with Gasteiger partial charge in [0.15, 0.2) is 0 Å². The van der Waals surface area contributed by atoms with Gasteiger partial charge in [0.25, 0.3) is 0 Å². The van der Waals surface area contributed by atoms with Crippen LogP contribution >= 0.6 is 0 Å². The van der Waals surface area contributed by atoms with Gasteiger partial charge in [-0.1, -0.05) is 18.9 Å². The molecule has 2 atom stereocenters. The van der Waals surface area contributed by atoms with Crippen molar-refractivity contribution in [3.05, 3.63) is 35.4 Å². The summed E-state index contributed by atoms with van der Waals surface area (Å²) in [7, 11) is 0. The second-order valence-corrected chi connectivity index (χ2v) is 5.00. The first kappa shape index (κ1) is 13.4. The predicted octanol–water partition coefficient (Wildman–Crippen LogP) is 2.57. The molecule has 2 rings (SSSR count). The standard InChI is InChI=1S/C14H20F2N2/c15-12-6-5-11(13(16)7-12)9-18-14-4-2-1-3-10(14)8-17/h5-7,10,14,18H,1-4,8-9,17H2. The molecule has 18 heavy (non-hydrogen) atoms. The molecular weight excluding hydrogens is 234 g/mol. The van der Waals surface area contributed by atoms with Crippen molar-refractivity contribution in [3.8, 4) is 0 Å². The molecule has 0 aromatic heterocycles. The average molecular weight is 254 g/mol. The van der Waals surface area contributed by atoms with Gasteiger partial charge >= 0.3 is 0 Å². The van der Waals surface area contributed by atoms with Crippen LogP contribution in [0.25, 0.3) is 0 Å². The molecule has 1 aliphatic carbocycles. The fourth-order valence-electron chi connectivity index (χ4n) is 2.66. The van der Waals surface area contributed by atoms with Gasteiger partial charge in [0, 0.05) is 24.2 Å². The lowest BCUT2D eigenvalue weighted by Gasteiger charge is -2.31. The third-order valence-electron chi connectivity index (χ3n) is 3.78. The van der Waals surface area contributed by atoms with Crippen LogP contribution in [0.2, 0.25) is 0 Å². The van der Waals surface area contributed by atoms with Gasteiger partial charge in [-0.3, -0.25) is 0 Å². The van der Waals surface area contributed by atoms with E-state index in [9.17, 15) is 8.78 Å². The molecule has 0 spiro atoms. The first-order valence-corrected chi connectivity index (χ1v) is 6.58. The number of benzene rings is 1. The minimum Gasteiger partial charge on any atom is -0.330 e. The smallest absolute Gasteiger partial charge is 0.130 e. The number of hydrogen-bond acceptors (Lipinski definition) is 2. The van der Waals surface area contributed by atoms with Gasteiger partial charge in [-0.25, -0.2) is 8.78 Å². The summed E-state index contributed by atoms with van der Waals surface area (Å²) in [6, 6.07) is 4.07. The Bertz CT molecular complexity index is 395. The molecular formula is C14H20F2N2. The molecule has 4 heteroatoms. The summed E-state index contributed by atoms with van der Waals surface area (Å²) in [6.07, 6.45) is 4.65. The lowest BCUT2D eigenvalue weighted by molar-refractivity contribution is 0.266. The number of nitrogens with two attached hydrogens (primary N) is 1. The van der Waals surface area contributed by atoms with Crippen molar-refractivity contribution in [1.29, 1.82) is 0 Å². The fourth-order valence-corrected chi connectivity index (χ4v) is 2.66. The van der Waals surface area contributed by atoms with Crippen LogP contribution in [0.4, 0.5) is 8.78 Å². The van der Waals surface area contributed by atoms with Gasteiger partial charge in [0.05, 0.1) is 0 Å². The van der Waals surface area contributed by atoms with Crippen LogP contribution < -0.4 is 11.1 Å². The number of hydrogen-bond donors (Lipinski definition) is 2. The maximum absolute atomic E-state index is 13.5. The fraction of sp³-hybridized carbons (Fsp3) is 0.571. The van der Waals surface area contributed by atoms with Crippen LogP contribution in [0.1, 0.15) is 31.2 Å². The molecule has 1 aromatic rings. The Hall–Kier alpha value is -1.00. The van der Waals surface area contributed by atoms with Crippen molar-refractivity contribution < 1.29 is 8.78 Å². The van der Waals surface area contributed by atoms with Crippen LogP contribution in [0, 0.1) is 17.6 Å². The van der Waals surface area contributed by atoms with E-state index in [1.54, 1.807) is 0 Å². The van der Waals surface area contributed by atoms with E-state index in [2.05, 4.69) is 5.32 Å². The molecule has 1 fully saturated rings. The van der Waals surface area contributed by atoms with Crippen molar-refractivity contribution in [2.45, 2.75) is 38.3 Å². The largest absolute Gasteiger partial charge is 0.330 e. The van der Waals surface area contributed by atoms with Crippen molar-refractivity contribution >= 4 is 0 Å². The van der Waals surface area contributed by atoms with E-state index in [-0.39, 0.29) is 0 Å². The second-order valence-electron chi connectivity index (χ2n) is 5.00. The zero-order valence-corrected chi connectivity index (χ0v) is 10.5. The predicted molar refractivity (Wildman–Crippen MR) is 68.0 cm³/mol. The third-order valence-corrected chi connectivity index (χ3v) is 3.78. The maximum atomic E-state index is 13.5. The number of nitrogens with one attached hydrogen (secondary N) is 1. The topological polar surface area (TPSA) is 38.0 Å². The molecule has 0 saturated heterocycles. The van der Waals surface area contributed by atoms with Gasteiger partial charge < -0.3 is 11.1 Å². The molecule has 0 aliphatic heterocycles. The molecule has 0 amide bonds. The summed E-state index contributed by atoms with van der Waals surface area (Å²) in [5, 5.41) is 3.36. The van der Waals surface area contributed by atoms with Crippen LogP contribution in [-0.4, -0.2) is 12.6 Å². The van der Waals surface area contributed by atoms with E-state index in [0.29, 0.717) is 30.6 Å². The molecule has 2 unspecified atom stereocenters. The Morgan fingerprint density at radius 1 is 1.22 bits per heavy atom. The average Bonchev–Trinajstić information content (AvgIpc) is 2.38. The summed E-state index contributed by atoms with van der Waals surface area (Å²) < 4.78 is 26.3. The molecule has 1 aliphatic rings. The molecule has 2 nitrogen and oxygen atoms in total. The van der Waals surface area contributed by atoms with E-state index in [4.69, 9.17) is 5.73 Å². The highest BCUT2D eigenvalue weighted by Gasteiger charge is 2.23. The number of rotatable bonds is 4. The van der Waals surface area contributed by atoms with Crippen molar-refractivity contribution in [3.63, 3.8) is 0 Å². The van der Waals surface area contributed by atoms with E-state index >= 15 is 0 Å². The summed E-state index contributed by atoms with van der Waals surface area (Å²) in [6.45, 7) is 1.11. The molecule has 0 radical (unpaired) electrons. The molecule has 0 bridgehead atoms. The van der Waals surface area contributed by atoms with Crippen LogP contribution in [0.5, 0.6) is 0 Å². The number of halogens is 2. The molecule has 1 saturated carbocycles. The SMILES string of the molecule is NCC1CCCCC1NCc1ccc(F)cc1F. The zero-order chi connectivity index (χ0) is 13.0. The van der Waals surface area contributed by atoms with Crippen LogP contribution in [0.3, 0.4) is 0 Å². The molecule has 100 valence electrons. The third kappa shape index (κ3) is 3.27. The van der Waals surface area contributed by atoms with Gasteiger partial charge in [-0.15, -0.1) is 0 Å². The van der Waals surface area contributed by atoms with Crippen LogP contribution in [-0.2, 0) is 6.54 Å². The normalized spacial score (nSPS) is 24.2. The first-order valence-electron chi connectivity index (χ1n) is 6.58. The molecule has 1 aromatic carbocycles. The van der Waals surface area contributed by atoms with Crippen LogP contribution in [0.15, 0.2) is 18.2 Å². The van der Waals surface area contributed by atoms with Gasteiger partial charge in [0.1, 0.15) is 11.6 Å². The lowest BCUT2D eigenvalue weighted by atomic mass is 9.84. The summed E-state index contributed by atoms with van der Waals surface area (Å²) in [4.78, 5) is 0. The lowest BCUT2D eigenvalue weighted by Crippen LogP contribution is -2.41. The molecule has 0 heterocycles. The minimum absolute atomic E-state index is 0.355. The van der Waals surface area contributed by atoms with Crippen molar-refractivity contribution in [2.75, 3.05) is 6.54 Å². The van der Waals surface area contributed by atoms with Crippen molar-refractivity contribution in [2.24, 2.45) is 11.7 Å². The molecule has 3 N–H and O–H groups in total. The van der Waals surface area contributed by atoms with Crippen molar-refractivity contribution in [1.82, 2.24) is 5.32 Å². The Kier molecular flexibility index (Phi) is 4.66. The Morgan fingerprint density at radius 2 is 2.00 bits per heavy atom. The zero-order valence-electron chi connectivity index (χ0n) is 10.5. The van der Waals surface area contributed by atoms with E-state index in [0.717, 1.165) is 18.9 Å². The quantitative estimate of drug-likeness (QED) is 0.866. The Balaban J connectivity index is 1.93. The van der Waals surface area contributed by atoms with Gasteiger partial charge in [0.2, 0.25) is 0 Å². The second kappa shape index (κ2) is 6.25. The maximum Gasteiger partial charge on any atom is 0.130 e. The van der Waals surface area contributed by atoms with E-state index in [1.165, 1.54) is 25.0 Å². The van der Waals surface area contributed by atoms with E-state index in [1.807, 2.05) is 0 Å². The van der Waals surface area contributed by atoms with Gasteiger partial charge in [-0.05, 0) is 31.4 Å². The highest BCUT2D eigenvalue weighted by Crippen LogP contribution is 2.24. The monoisotopic (exact) mass is 254 g/mol. The summed E-state index contributed by atoms with van der Waals surface area (Å²) >= 11 is 0. The van der Waals surface area contributed by atoms with E-state index < -0.39 is 11.6 Å². The highest BCUT2D eigenvalue weighted by atomic mass is 19.1. The van der Waals surface area contributed by atoms with Gasteiger partial charge in [-0.2, -0.15) is 0 Å². The highest BCUT2D eigenvalue weighted by molar-refractivity contribution is 5.18. The summed E-state index contributed by atoms with van der Waals surface area (Å²) in [5.74, 6) is -0.543. The summed E-state index contributed by atoms with van der Waals surface area (Å²) in [5.41, 5.74) is 6.26. The first-order chi connectivity index (χ1) is 8.70. The Labute approximate surface area is 107 Å². The Morgan fingerprint density at radius 3 is 2.72 bits per heavy atom. The minimum atomic E-state index is -0.534.